The van der Waals surface area contributed by atoms with Crippen molar-refractivity contribution in [3.05, 3.63) is 0 Å². The van der Waals surface area contributed by atoms with E-state index in [0.29, 0.717) is 25.0 Å². The summed E-state index contributed by atoms with van der Waals surface area (Å²) in [5.41, 5.74) is -3.31. The number of hydrogen-bond acceptors (Lipinski definition) is 8. The molecule has 0 saturated carbocycles. The third kappa shape index (κ3) is 30.5. The van der Waals surface area contributed by atoms with Gasteiger partial charge in [-0.25, -0.2) is 0 Å². The fourth-order valence-electron chi connectivity index (χ4n) is 0.289. The van der Waals surface area contributed by atoms with E-state index < -0.39 is 23.1 Å². The van der Waals surface area contributed by atoms with Crippen LogP contribution >= 0.6 is 0 Å². The molecule has 0 fully saturated rings. The van der Waals surface area contributed by atoms with Gasteiger partial charge < -0.3 is 40.2 Å². The molecule has 8 nitrogen and oxygen atoms in total. The van der Waals surface area contributed by atoms with E-state index in [1.807, 2.05) is 27.7 Å². The average Bonchev–Trinajstić information content (AvgIpc) is 2.55. The fraction of sp³-hybridized carbons (Fsp3) is 0.889. The Kier molecular flexibility index (Phi) is 27.9. The van der Waals surface area contributed by atoms with Crippen molar-refractivity contribution in [2.75, 3.05) is 13.2 Å². The average molecular weight is 430 g/mol. The van der Waals surface area contributed by atoms with Crippen molar-refractivity contribution in [2.24, 2.45) is 11.8 Å². The molecule has 9 heteroatoms. The Labute approximate surface area is 178 Å². The second-order valence-electron chi connectivity index (χ2n) is 6.98. The number of carboxylic acids is 2. The molecule has 4 N–H and O–H groups in total. The molecule has 0 aliphatic heterocycles. The molecule has 0 bridgehead atoms. The molecule has 2 unspecified atom stereocenters. The summed E-state index contributed by atoms with van der Waals surface area (Å²) in [5, 5.41) is 53.5. The summed E-state index contributed by atoms with van der Waals surface area (Å²) in [7, 11) is 0. The van der Waals surface area contributed by atoms with Crippen molar-refractivity contribution in [1.29, 1.82) is 0 Å². The molecule has 0 radical (unpaired) electrons. The van der Waals surface area contributed by atoms with Gasteiger partial charge in [-0.3, -0.25) is 0 Å². The van der Waals surface area contributed by atoms with Gasteiger partial charge in [-0.1, -0.05) is 41.5 Å². The predicted octanol–water partition coefficient (Wildman–Crippen LogP) is -0.938. The molecule has 0 aromatic heterocycles. The minimum Gasteiger partial charge on any atom is -0.547 e. The van der Waals surface area contributed by atoms with Gasteiger partial charge in [0.2, 0.25) is 0 Å². The van der Waals surface area contributed by atoms with Crippen LogP contribution in [-0.4, -0.2) is 56.8 Å². The first kappa shape index (κ1) is 37.3. The predicted molar refractivity (Wildman–Crippen MR) is 95.7 cm³/mol. The van der Waals surface area contributed by atoms with E-state index in [1.165, 1.54) is 13.8 Å². The van der Waals surface area contributed by atoms with Crippen LogP contribution in [0.15, 0.2) is 0 Å². The zero-order valence-corrected chi connectivity index (χ0v) is 19.5. The van der Waals surface area contributed by atoms with Gasteiger partial charge in [0, 0.05) is 13.2 Å². The largest absolute Gasteiger partial charge is 2.00 e. The third-order valence-electron chi connectivity index (χ3n) is 2.99. The first-order valence-corrected chi connectivity index (χ1v) is 8.64. The second kappa shape index (κ2) is 20.2. The Morgan fingerprint density at radius 3 is 0.926 bits per heavy atom. The summed E-state index contributed by atoms with van der Waals surface area (Å²) in [4.78, 5) is 19.8. The SMILES string of the molecule is CC(C)CO.CC(C)CO.CCC(C)(O)C(=O)[O-].CCC(C)(O)C(=O)[O-].[Ti+2]. The van der Waals surface area contributed by atoms with Gasteiger partial charge in [-0.15, -0.1) is 0 Å². The van der Waals surface area contributed by atoms with Crippen LogP contribution in [0.2, 0.25) is 0 Å². The molecule has 0 rings (SSSR count). The van der Waals surface area contributed by atoms with E-state index in [-0.39, 0.29) is 34.6 Å². The van der Waals surface area contributed by atoms with Gasteiger partial charge >= 0.3 is 21.7 Å². The number of carbonyl (C=O) groups is 2. The van der Waals surface area contributed by atoms with Gasteiger partial charge in [-0.05, 0) is 38.5 Å². The molecule has 0 spiro atoms. The number of aliphatic hydroxyl groups excluding tert-OH is 2. The molecule has 0 heterocycles. The molecule has 0 aromatic carbocycles. The van der Waals surface area contributed by atoms with Crippen LogP contribution in [-0.2, 0) is 31.3 Å². The molecule has 0 aromatic rings. The van der Waals surface area contributed by atoms with Gasteiger partial charge in [0.25, 0.3) is 0 Å². The van der Waals surface area contributed by atoms with Crippen molar-refractivity contribution in [3.63, 3.8) is 0 Å². The van der Waals surface area contributed by atoms with Gasteiger partial charge in [0.15, 0.2) is 0 Å². The first-order chi connectivity index (χ1) is 11.5. The molecule has 0 aliphatic rings. The van der Waals surface area contributed by atoms with E-state index >= 15 is 0 Å². The van der Waals surface area contributed by atoms with Crippen LogP contribution in [0.4, 0.5) is 0 Å². The minimum absolute atomic E-state index is 0. The summed E-state index contributed by atoms with van der Waals surface area (Å²) in [6, 6.07) is 0. The smallest absolute Gasteiger partial charge is 0.547 e. The van der Waals surface area contributed by atoms with Crippen LogP contribution < -0.4 is 10.2 Å². The van der Waals surface area contributed by atoms with E-state index in [2.05, 4.69) is 0 Å². The van der Waals surface area contributed by atoms with Crippen LogP contribution in [0.25, 0.3) is 0 Å². The molecule has 0 aliphatic carbocycles. The second-order valence-corrected chi connectivity index (χ2v) is 6.98. The van der Waals surface area contributed by atoms with E-state index in [9.17, 15) is 19.8 Å². The summed E-state index contributed by atoms with van der Waals surface area (Å²) in [6.45, 7) is 14.1. The van der Waals surface area contributed by atoms with Crippen molar-refractivity contribution >= 4 is 11.9 Å². The molecular weight excluding hydrogens is 392 g/mol. The normalized spacial score (nSPS) is 13.9. The Morgan fingerprint density at radius 1 is 0.778 bits per heavy atom. The monoisotopic (exact) mass is 430 g/mol. The van der Waals surface area contributed by atoms with Crippen molar-refractivity contribution < 1.29 is 61.9 Å². The number of carbonyl (C=O) groups excluding carboxylic acids is 2. The third-order valence-corrected chi connectivity index (χ3v) is 2.99. The Morgan fingerprint density at radius 2 is 0.926 bits per heavy atom. The van der Waals surface area contributed by atoms with Gasteiger partial charge in [0.1, 0.15) is 11.2 Å². The number of carboxylic acid groups (broad SMARTS) is 2. The Balaban J connectivity index is -0.0000000807. The summed E-state index contributed by atoms with van der Waals surface area (Å²) in [6.07, 6.45) is 0.352. The summed E-state index contributed by atoms with van der Waals surface area (Å²) in [5.74, 6) is -1.95. The Bertz CT molecular complexity index is 321. The Hall–Kier alpha value is -0.506. The number of rotatable bonds is 6. The standard InChI is InChI=1S/2C5H10O3.2C4H10O.Ti/c2*1-3-5(2,8)4(6)7;2*1-4(2)3-5;/h2*8H,3H2,1-2H3,(H,6,7);2*4-5H,3H2,1-2H3;/q;;;;+2/p-2. The number of hydrogen-bond donors (Lipinski definition) is 4. The molecule has 27 heavy (non-hydrogen) atoms. The number of aliphatic carboxylic acids is 2. The molecule has 0 amide bonds. The maximum atomic E-state index is 9.89. The van der Waals surface area contributed by atoms with Crippen molar-refractivity contribution in [2.45, 2.75) is 79.4 Å². The first-order valence-electron chi connectivity index (χ1n) is 8.64. The summed E-state index contributed by atoms with van der Waals surface area (Å²) >= 11 is 0. The number of aliphatic hydroxyl groups is 4. The molecule has 2 atom stereocenters. The van der Waals surface area contributed by atoms with Crippen LogP contribution in [0, 0.1) is 11.8 Å². The van der Waals surface area contributed by atoms with E-state index in [0.717, 1.165) is 0 Å². The quantitative estimate of drug-likeness (QED) is 0.393. The van der Waals surface area contributed by atoms with Gasteiger partial charge in [-0.2, -0.15) is 0 Å². The van der Waals surface area contributed by atoms with Gasteiger partial charge in [0.05, 0.1) is 11.9 Å². The van der Waals surface area contributed by atoms with Crippen molar-refractivity contribution in [3.8, 4) is 0 Å². The summed E-state index contributed by atoms with van der Waals surface area (Å²) < 4.78 is 0. The molecule has 0 saturated heterocycles. The zero-order chi connectivity index (χ0) is 22.1. The van der Waals surface area contributed by atoms with Crippen molar-refractivity contribution in [1.82, 2.24) is 0 Å². The topological polar surface area (TPSA) is 161 Å². The molecular formula is C18H38O8Ti. The van der Waals surface area contributed by atoms with Crippen LogP contribution in [0.5, 0.6) is 0 Å². The van der Waals surface area contributed by atoms with E-state index in [4.69, 9.17) is 20.4 Å². The molecule has 162 valence electrons. The minimum atomic E-state index is -1.65. The fourth-order valence-corrected chi connectivity index (χ4v) is 0.289. The van der Waals surface area contributed by atoms with E-state index in [1.54, 1.807) is 13.8 Å². The maximum absolute atomic E-state index is 9.89. The maximum Gasteiger partial charge on any atom is 2.00 e. The van der Waals surface area contributed by atoms with Crippen LogP contribution in [0.3, 0.4) is 0 Å². The van der Waals surface area contributed by atoms with Crippen LogP contribution in [0.1, 0.15) is 68.2 Å². The zero-order valence-electron chi connectivity index (χ0n) is 17.9.